The molecule has 0 saturated heterocycles. The van der Waals surface area contributed by atoms with E-state index in [1.54, 1.807) is 24.3 Å². The van der Waals surface area contributed by atoms with Crippen molar-refractivity contribution in [2.45, 2.75) is 138 Å². The van der Waals surface area contributed by atoms with E-state index in [9.17, 15) is 14.4 Å². The molecule has 0 radical (unpaired) electrons. The number of benzene rings is 1. The molecule has 4 unspecified atom stereocenters. The van der Waals surface area contributed by atoms with Crippen molar-refractivity contribution in [1.29, 1.82) is 0 Å². The Bertz CT molecular complexity index is 1700. The molecule has 0 amide bonds. The smallest absolute Gasteiger partial charge is 0.487 e. The van der Waals surface area contributed by atoms with Crippen LogP contribution in [-0.4, -0.2) is 53.0 Å². The topological polar surface area (TPSA) is 123 Å². The van der Waals surface area contributed by atoms with Gasteiger partial charge in [-0.2, -0.15) is 0 Å². The maximum atomic E-state index is 13.1. The Morgan fingerprint density at radius 2 is 1.35 bits per heavy atom. The van der Waals surface area contributed by atoms with Gasteiger partial charge in [-0.1, -0.05) is 72.6 Å². The van der Waals surface area contributed by atoms with Crippen LogP contribution in [0.15, 0.2) is 49.1 Å². The van der Waals surface area contributed by atoms with Crippen LogP contribution in [0.3, 0.4) is 0 Å². The van der Waals surface area contributed by atoms with Crippen molar-refractivity contribution in [2.24, 2.45) is 17.8 Å². The molecule has 0 saturated carbocycles. The van der Waals surface area contributed by atoms with Crippen molar-refractivity contribution in [1.82, 2.24) is 9.97 Å². The average molecular weight is 759 g/mol. The van der Waals surface area contributed by atoms with Gasteiger partial charge >= 0.3 is 18.1 Å². The second kappa shape index (κ2) is 21.0. The maximum Gasteiger partial charge on any atom is 0.514 e. The van der Waals surface area contributed by atoms with E-state index in [0.717, 1.165) is 65.5 Å². The normalized spacial score (nSPS) is 16.7. The van der Waals surface area contributed by atoms with Crippen LogP contribution in [0.2, 0.25) is 0 Å². The van der Waals surface area contributed by atoms with Gasteiger partial charge in [0.1, 0.15) is 30.3 Å². The zero-order valence-corrected chi connectivity index (χ0v) is 34.3. The number of carbonyl (C=O) groups is 3. The number of ether oxygens (including phenoxy) is 5. The highest BCUT2D eigenvalue weighted by Gasteiger charge is 2.35. The largest absolute Gasteiger partial charge is 0.514 e. The predicted molar refractivity (Wildman–Crippen MR) is 213 cm³/mol. The SMILES string of the molecule is Cc1c(C)c2c(c(C)c1OC(=O)OCC(COC(=O)c1cccnc1)OC(=O)c1cccnc1)CCC(C)(CCCC(C)CCCC(C)CCCC(C)C)O2. The van der Waals surface area contributed by atoms with E-state index in [-0.39, 0.29) is 23.3 Å². The van der Waals surface area contributed by atoms with Gasteiger partial charge < -0.3 is 23.7 Å². The molecule has 10 heteroatoms. The third kappa shape index (κ3) is 13.4. The Labute approximate surface area is 328 Å². The summed E-state index contributed by atoms with van der Waals surface area (Å²) in [4.78, 5) is 46.4. The van der Waals surface area contributed by atoms with E-state index in [4.69, 9.17) is 23.7 Å². The molecule has 1 aromatic carbocycles. The Hall–Kier alpha value is -4.47. The molecule has 4 rings (SSSR count). The van der Waals surface area contributed by atoms with E-state index >= 15 is 0 Å². The molecular formula is C45H62N2O8. The van der Waals surface area contributed by atoms with Crippen LogP contribution in [0, 0.1) is 38.5 Å². The van der Waals surface area contributed by atoms with Crippen LogP contribution in [0.25, 0.3) is 0 Å². The summed E-state index contributed by atoms with van der Waals surface area (Å²) in [6.45, 7) is 16.7. The third-order valence-corrected chi connectivity index (χ3v) is 10.9. The van der Waals surface area contributed by atoms with Gasteiger partial charge in [-0.15, -0.1) is 0 Å². The second-order valence-electron chi connectivity index (χ2n) is 16.2. The van der Waals surface area contributed by atoms with Crippen LogP contribution in [0.4, 0.5) is 4.79 Å². The minimum Gasteiger partial charge on any atom is -0.487 e. The fraction of sp³-hybridized carbons (Fsp3) is 0.578. The van der Waals surface area contributed by atoms with Crippen molar-refractivity contribution in [3.8, 4) is 11.5 Å². The van der Waals surface area contributed by atoms with Crippen LogP contribution in [-0.2, 0) is 20.6 Å². The minimum absolute atomic E-state index is 0.195. The second-order valence-corrected chi connectivity index (χ2v) is 16.2. The Balaban J connectivity index is 1.31. The molecule has 0 fully saturated rings. The lowest BCUT2D eigenvalue weighted by Gasteiger charge is -2.38. The fourth-order valence-corrected chi connectivity index (χ4v) is 7.24. The van der Waals surface area contributed by atoms with Crippen LogP contribution in [0.1, 0.15) is 142 Å². The number of carbonyl (C=O) groups excluding carboxylic acids is 3. The lowest BCUT2D eigenvalue weighted by molar-refractivity contribution is -0.0248. The number of hydrogen-bond donors (Lipinski definition) is 0. The lowest BCUT2D eigenvalue weighted by Crippen LogP contribution is -2.37. The number of pyridine rings is 2. The third-order valence-electron chi connectivity index (χ3n) is 10.9. The first-order valence-corrected chi connectivity index (χ1v) is 20.1. The van der Waals surface area contributed by atoms with E-state index in [1.165, 1.54) is 69.7 Å². The van der Waals surface area contributed by atoms with E-state index in [0.29, 0.717) is 11.7 Å². The number of esters is 2. The van der Waals surface area contributed by atoms with Crippen LogP contribution in [0.5, 0.6) is 11.5 Å². The van der Waals surface area contributed by atoms with Gasteiger partial charge in [0, 0.05) is 30.4 Å². The highest BCUT2D eigenvalue weighted by atomic mass is 16.7. The predicted octanol–water partition coefficient (Wildman–Crippen LogP) is 10.5. The Morgan fingerprint density at radius 3 is 1.95 bits per heavy atom. The highest BCUT2D eigenvalue weighted by molar-refractivity contribution is 5.89. The standard InChI is InChI=1S/C45H62N2O8/c1-30(2)14-9-15-31(3)16-10-17-32(4)18-11-22-45(8)23-21-39-35(7)40(33(5)34(6)41(39)55-45)54-44(50)52-29-38(53-43(49)37-20-13-25-47-27-37)28-51-42(48)36-19-12-24-46-26-36/h12-13,19-20,24-27,30-32,38H,9-11,14-18,21-23,28-29H2,1-8H3. The number of hydrogen-bond acceptors (Lipinski definition) is 10. The molecule has 4 atom stereocenters. The first kappa shape index (κ1) is 43.3. The minimum atomic E-state index is -1.12. The van der Waals surface area contributed by atoms with Crippen molar-refractivity contribution in [3.05, 3.63) is 82.4 Å². The van der Waals surface area contributed by atoms with Gasteiger partial charge in [0.2, 0.25) is 0 Å². The molecule has 55 heavy (non-hydrogen) atoms. The Morgan fingerprint density at radius 1 is 0.764 bits per heavy atom. The molecule has 0 N–H and O–H groups in total. The lowest BCUT2D eigenvalue weighted by atomic mass is 9.83. The van der Waals surface area contributed by atoms with Gasteiger partial charge in [0.15, 0.2) is 6.10 Å². The maximum absolute atomic E-state index is 13.1. The molecule has 3 aromatic rings. The van der Waals surface area contributed by atoms with Crippen molar-refractivity contribution in [2.75, 3.05) is 13.2 Å². The highest BCUT2D eigenvalue weighted by Crippen LogP contribution is 2.45. The van der Waals surface area contributed by atoms with Gasteiger partial charge in [-0.3, -0.25) is 9.97 Å². The quantitative estimate of drug-likeness (QED) is 0.0625. The molecule has 10 nitrogen and oxygen atoms in total. The summed E-state index contributed by atoms with van der Waals surface area (Å²) < 4.78 is 28.9. The summed E-state index contributed by atoms with van der Waals surface area (Å²) in [6, 6.07) is 6.29. The van der Waals surface area contributed by atoms with Crippen molar-refractivity contribution < 1.29 is 38.1 Å². The zero-order valence-electron chi connectivity index (χ0n) is 34.3. The molecule has 1 aliphatic rings. The zero-order chi connectivity index (χ0) is 40.0. The number of fused-ring (bicyclic) bond motifs is 1. The van der Waals surface area contributed by atoms with Gasteiger partial charge in [0.25, 0.3) is 0 Å². The molecular weight excluding hydrogens is 697 g/mol. The van der Waals surface area contributed by atoms with E-state index < -0.39 is 30.8 Å². The summed E-state index contributed by atoms with van der Waals surface area (Å²) in [7, 11) is 0. The molecule has 300 valence electrons. The molecule has 1 aliphatic heterocycles. The van der Waals surface area contributed by atoms with Gasteiger partial charge in [-0.05, 0) is 112 Å². The summed E-state index contributed by atoms with van der Waals surface area (Å²) in [5.41, 5.74) is 3.74. The number of nitrogens with zero attached hydrogens (tertiary/aromatic N) is 2. The van der Waals surface area contributed by atoms with E-state index in [2.05, 4.69) is 44.6 Å². The first-order valence-electron chi connectivity index (χ1n) is 20.1. The summed E-state index contributed by atoms with van der Waals surface area (Å²) >= 11 is 0. The number of aromatic nitrogens is 2. The first-order chi connectivity index (χ1) is 26.3. The summed E-state index contributed by atoms with van der Waals surface area (Å²) in [5, 5.41) is 0. The molecule has 3 heterocycles. The average Bonchev–Trinajstić information content (AvgIpc) is 3.17. The molecule has 0 bridgehead atoms. The van der Waals surface area contributed by atoms with Gasteiger partial charge in [-0.25, -0.2) is 14.4 Å². The van der Waals surface area contributed by atoms with Crippen molar-refractivity contribution in [3.63, 3.8) is 0 Å². The van der Waals surface area contributed by atoms with Gasteiger partial charge in [0.05, 0.1) is 11.1 Å². The molecule has 2 aromatic heterocycles. The summed E-state index contributed by atoms with van der Waals surface area (Å²) in [6.07, 6.45) is 16.7. The monoisotopic (exact) mass is 758 g/mol. The number of rotatable bonds is 20. The van der Waals surface area contributed by atoms with Crippen molar-refractivity contribution >= 4 is 18.1 Å². The molecule has 0 spiro atoms. The van der Waals surface area contributed by atoms with E-state index in [1.807, 2.05) is 20.8 Å². The fourth-order valence-electron chi connectivity index (χ4n) is 7.24. The summed E-state index contributed by atoms with van der Waals surface area (Å²) in [5.74, 6) is 2.25. The molecule has 0 aliphatic carbocycles. The Kier molecular flexibility index (Phi) is 16.5. The van der Waals surface area contributed by atoms with Crippen LogP contribution >= 0.6 is 0 Å². The van der Waals surface area contributed by atoms with Crippen LogP contribution < -0.4 is 9.47 Å².